The van der Waals surface area contributed by atoms with Crippen LogP contribution in [0.4, 0.5) is 36.8 Å². The third kappa shape index (κ3) is 4.80. The van der Waals surface area contributed by atoms with Crippen LogP contribution in [0.3, 0.4) is 0 Å². The Balaban J connectivity index is 2.78. The lowest BCUT2D eigenvalue weighted by Crippen LogP contribution is -2.55. The maximum absolute atomic E-state index is 12.2. The number of halogens is 7. The van der Waals surface area contributed by atoms with Gasteiger partial charge in [0.15, 0.2) is 0 Å². The molecule has 0 aromatic heterocycles. The second-order valence-corrected chi connectivity index (χ2v) is 4.06. The van der Waals surface area contributed by atoms with Gasteiger partial charge in [0.1, 0.15) is 0 Å². The number of amides is 2. The number of alkyl halides is 6. The first kappa shape index (κ1) is 16.4. The minimum Gasteiger partial charge on any atom is -0.318 e. The summed E-state index contributed by atoms with van der Waals surface area (Å²) in [5, 5.41) is 2.80. The maximum Gasteiger partial charge on any atom is 0.417 e. The molecule has 0 spiro atoms. The fourth-order valence-electron chi connectivity index (χ4n) is 1.21. The first-order valence-corrected chi connectivity index (χ1v) is 5.34. The van der Waals surface area contributed by atoms with Crippen molar-refractivity contribution in [3.05, 3.63) is 29.3 Å². The van der Waals surface area contributed by atoms with Crippen molar-refractivity contribution in [1.82, 2.24) is 5.32 Å². The lowest BCUT2D eigenvalue weighted by atomic mass is 10.3. The van der Waals surface area contributed by atoms with E-state index in [0.29, 0.717) is 0 Å². The summed E-state index contributed by atoms with van der Waals surface area (Å²) in [7, 11) is 0. The molecule has 0 bridgehead atoms. The average molecular weight is 321 g/mol. The zero-order valence-corrected chi connectivity index (χ0v) is 10.2. The normalized spacial score (nSPS) is 12.4. The van der Waals surface area contributed by atoms with Gasteiger partial charge in [0, 0.05) is 10.7 Å². The first-order chi connectivity index (χ1) is 9.00. The van der Waals surface area contributed by atoms with Crippen molar-refractivity contribution in [2.45, 2.75) is 18.4 Å². The SMILES string of the molecule is O=C(Nc1cccc(Cl)c1)NC(C(F)(F)F)C(F)(F)F. The van der Waals surface area contributed by atoms with Gasteiger partial charge in [0.05, 0.1) is 0 Å². The number of benzene rings is 1. The van der Waals surface area contributed by atoms with Crippen LogP contribution in [0.5, 0.6) is 0 Å². The van der Waals surface area contributed by atoms with Gasteiger partial charge in [-0.2, -0.15) is 26.3 Å². The van der Waals surface area contributed by atoms with Gasteiger partial charge in [0.2, 0.25) is 6.04 Å². The molecular formula is C10H7ClF6N2O. The molecule has 20 heavy (non-hydrogen) atoms. The zero-order valence-electron chi connectivity index (χ0n) is 9.44. The number of urea groups is 1. The zero-order chi connectivity index (χ0) is 15.6. The van der Waals surface area contributed by atoms with Crippen LogP contribution in [0, 0.1) is 0 Å². The largest absolute Gasteiger partial charge is 0.417 e. The van der Waals surface area contributed by atoms with Gasteiger partial charge in [-0.15, -0.1) is 0 Å². The minimum absolute atomic E-state index is 0.0434. The van der Waals surface area contributed by atoms with E-state index in [-0.39, 0.29) is 10.7 Å². The summed E-state index contributed by atoms with van der Waals surface area (Å²) in [5.41, 5.74) is -0.0434. The third-order valence-corrected chi connectivity index (χ3v) is 2.25. The van der Waals surface area contributed by atoms with E-state index >= 15 is 0 Å². The number of hydrogen-bond acceptors (Lipinski definition) is 1. The van der Waals surface area contributed by atoms with Crippen LogP contribution >= 0.6 is 11.6 Å². The summed E-state index contributed by atoms with van der Waals surface area (Å²) >= 11 is 5.55. The van der Waals surface area contributed by atoms with E-state index in [1.165, 1.54) is 18.2 Å². The molecule has 0 aliphatic heterocycles. The van der Waals surface area contributed by atoms with E-state index in [1.807, 2.05) is 5.32 Å². The highest BCUT2D eigenvalue weighted by atomic mass is 35.5. The smallest absolute Gasteiger partial charge is 0.318 e. The summed E-state index contributed by atoms with van der Waals surface area (Å²) in [5.74, 6) is 0. The van der Waals surface area contributed by atoms with Crippen LogP contribution < -0.4 is 10.6 Å². The van der Waals surface area contributed by atoms with Gasteiger partial charge < -0.3 is 10.6 Å². The molecule has 2 N–H and O–H groups in total. The number of carbonyl (C=O) groups excluding carboxylic acids is 1. The Kier molecular flexibility index (Phi) is 4.74. The molecular weight excluding hydrogens is 314 g/mol. The van der Waals surface area contributed by atoms with E-state index in [4.69, 9.17) is 11.6 Å². The van der Waals surface area contributed by atoms with Crippen LogP contribution in [0.15, 0.2) is 24.3 Å². The summed E-state index contributed by atoms with van der Waals surface area (Å²) in [4.78, 5) is 11.2. The molecule has 1 aromatic carbocycles. The molecule has 0 radical (unpaired) electrons. The summed E-state index contributed by atoms with van der Waals surface area (Å²) < 4.78 is 73.2. The van der Waals surface area contributed by atoms with E-state index in [0.717, 1.165) is 11.4 Å². The minimum atomic E-state index is -5.65. The number of rotatable bonds is 2. The first-order valence-electron chi connectivity index (χ1n) is 4.96. The van der Waals surface area contributed by atoms with Crippen molar-refractivity contribution < 1.29 is 31.1 Å². The van der Waals surface area contributed by atoms with Gasteiger partial charge in [-0.3, -0.25) is 0 Å². The molecule has 10 heteroatoms. The van der Waals surface area contributed by atoms with Crippen molar-refractivity contribution in [3.8, 4) is 0 Å². The lowest BCUT2D eigenvalue weighted by Gasteiger charge is -2.23. The van der Waals surface area contributed by atoms with Crippen LogP contribution in [0.1, 0.15) is 0 Å². The summed E-state index contributed by atoms with van der Waals surface area (Å²) in [6, 6.07) is -0.401. The standard InChI is InChI=1S/C10H7ClF6N2O/c11-5-2-1-3-6(4-5)18-8(20)19-7(9(12,13)14)10(15,16)17/h1-4,7H,(H2,18,19,20). The quantitative estimate of drug-likeness (QED) is 0.796. The molecule has 3 nitrogen and oxygen atoms in total. The molecule has 0 heterocycles. The summed E-state index contributed by atoms with van der Waals surface area (Å²) in [6.45, 7) is 0. The second-order valence-electron chi connectivity index (χ2n) is 3.63. The topological polar surface area (TPSA) is 41.1 Å². The highest BCUT2D eigenvalue weighted by Crippen LogP contribution is 2.33. The average Bonchev–Trinajstić information content (AvgIpc) is 2.22. The predicted molar refractivity (Wildman–Crippen MR) is 59.5 cm³/mol. The van der Waals surface area contributed by atoms with E-state index in [9.17, 15) is 31.1 Å². The van der Waals surface area contributed by atoms with E-state index < -0.39 is 24.4 Å². The maximum atomic E-state index is 12.2. The van der Waals surface area contributed by atoms with Crippen molar-refractivity contribution in [3.63, 3.8) is 0 Å². The molecule has 1 aromatic rings. The third-order valence-electron chi connectivity index (χ3n) is 2.01. The highest BCUT2D eigenvalue weighted by molar-refractivity contribution is 6.30. The Hall–Kier alpha value is -1.64. The molecule has 0 atom stereocenters. The number of anilines is 1. The molecule has 0 fully saturated rings. The Labute approximate surface area is 113 Å². The molecule has 0 aliphatic carbocycles. The summed E-state index contributed by atoms with van der Waals surface area (Å²) in [6.07, 6.45) is -11.3. The Morgan fingerprint density at radius 3 is 2.10 bits per heavy atom. The van der Waals surface area contributed by atoms with Crippen molar-refractivity contribution >= 4 is 23.3 Å². The lowest BCUT2D eigenvalue weighted by molar-refractivity contribution is -0.255. The molecule has 2 amide bonds. The van der Waals surface area contributed by atoms with Gasteiger partial charge in [-0.1, -0.05) is 17.7 Å². The van der Waals surface area contributed by atoms with Gasteiger partial charge in [-0.25, -0.2) is 4.79 Å². The van der Waals surface area contributed by atoms with Gasteiger partial charge >= 0.3 is 18.4 Å². The van der Waals surface area contributed by atoms with E-state index in [1.54, 1.807) is 0 Å². The van der Waals surface area contributed by atoms with Crippen molar-refractivity contribution in [2.24, 2.45) is 0 Å². The molecule has 0 unspecified atom stereocenters. The highest BCUT2D eigenvalue weighted by Gasteiger charge is 2.57. The van der Waals surface area contributed by atoms with Crippen LogP contribution in [0.2, 0.25) is 5.02 Å². The predicted octanol–water partition coefficient (Wildman–Crippen LogP) is 3.95. The Morgan fingerprint density at radius 1 is 1.10 bits per heavy atom. The Bertz CT molecular complexity index is 473. The van der Waals surface area contributed by atoms with E-state index in [2.05, 4.69) is 0 Å². The second kappa shape index (κ2) is 5.78. The van der Waals surface area contributed by atoms with Gasteiger partial charge in [0.25, 0.3) is 0 Å². The van der Waals surface area contributed by atoms with Crippen molar-refractivity contribution in [1.29, 1.82) is 0 Å². The molecule has 0 aliphatic rings. The molecule has 1 rings (SSSR count). The fourth-order valence-corrected chi connectivity index (χ4v) is 1.40. The van der Waals surface area contributed by atoms with Crippen molar-refractivity contribution in [2.75, 3.05) is 5.32 Å². The molecule has 112 valence electrons. The van der Waals surface area contributed by atoms with Gasteiger partial charge in [-0.05, 0) is 18.2 Å². The number of carbonyl (C=O) groups is 1. The molecule has 0 saturated carbocycles. The number of hydrogen-bond donors (Lipinski definition) is 2. The van der Waals surface area contributed by atoms with Crippen LogP contribution in [-0.2, 0) is 0 Å². The number of nitrogens with one attached hydrogen (secondary N) is 2. The molecule has 0 saturated heterocycles. The fraction of sp³-hybridized carbons (Fsp3) is 0.300. The Morgan fingerprint density at radius 2 is 1.65 bits per heavy atom. The van der Waals surface area contributed by atoms with Crippen LogP contribution in [0.25, 0.3) is 0 Å². The monoisotopic (exact) mass is 320 g/mol. The van der Waals surface area contributed by atoms with Crippen LogP contribution in [-0.4, -0.2) is 24.4 Å².